The van der Waals surface area contributed by atoms with Crippen molar-refractivity contribution in [3.8, 4) is 11.5 Å². The van der Waals surface area contributed by atoms with Gasteiger partial charge >= 0.3 is 0 Å². The number of hydrogen-bond acceptors (Lipinski definition) is 4. The van der Waals surface area contributed by atoms with Crippen LogP contribution in [0.3, 0.4) is 0 Å². The van der Waals surface area contributed by atoms with Gasteiger partial charge in [-0.05, 0) is 36.2 Å². The molecule has 0 radical (unpaired) electrons. The van der Waals surface area contributed by atoms with E-state index in [0.717, 1.165) is 30.2 Å². The summed E-state index contributed by atoms with van der Waals surface area (Å²) in [4.78, 5) is 4.00. The van der Waals surface area contributed by atoms with Crippen molar-refractivity contribution < 1.29 is 9.47 Å². The van der Waals surface area contributed by atoms with Crippen LogP contribution in [0.5, 0.6) is 11.5 Å². The highest BCUT2D eigenvalue weighted by atomic mass is 16.5. The lowest BCUT2D eigenvalue weighted by Crippen LogP contribution is -2.05. The predicted molar refractivity (Wildman–Crippen MR) is 76.0 cm³/mol. The Labute approximate surface area is 113 Å². The molecular formula is C15H18N2O2. The van der Waals surface area contributed by atoms with Gasteiger partial charge in [-0.1, -0.05) is 0 Å². The minimum atomic E-state index is 0.733. The quantitative estimate of drug-likeness (QED) is 0.865. The third kappa shape index (κ3) is 3.61. The molecule has 0 bridgehead atoms. The monoisotopic (exact) mass is 258 g/mol. The summed E-state index contributed by atoms with van der Waals surface area (Å²) in [5.41, 5.74) is 2.29. The van der Waals surface area contributed by atoms with E-state index in [9.17, 15) is 0 Å². The average Bonchev–Trinajstić information content (AvgIpc) is 2.48. The van der Waals surface area contributed by atoms with E-state index in [0.29, 0.717) is 0 Å². The maximum Gasteiger partial charge on any atom is 0.162 e. The van der Waals surface area contributed by atoms with Crippen molar-refractivity contribution in [2.45, 2.75) is 6.42 Å². The van der Waals surface area contributed by atoms with Crippen LogP contribution in [-0.4, -0.2) is 25.7 Å². The third-order valence-corrected chi connectivity index (χ3v) is 2.88. The Morgan fingerprint density at radius 1 is 1.00 bits per heavy atom. The zero-order chi connectivity index (χ0) is 13.5. The fraction of sp³-hybridized carbons (Fsp3) is 0.267. The first-order valence-corrected chi connectivity index (χ1v) is 6.18. The van der Waals surface area contributed by atoms with E-state index in [2.05, 4.69) is 10.3 Å². The smallest absolute Gasteiger partial charge is 0.162 e. The van der Waals surface area contributed by atoms with Crippen LogP contribution in [0.4, 0.5) is 5.69 Å². The van der Waals surface area contributed by atoms with E-state index in [1.165, 1.54) is 5.56 Å². The lowest BCUT2D eigenvalue weighted by atomic mass is 10.2. The lowest BCUT2D eigenvalue weighted by Gasteiger charge is -2.11. The molecule has 0 aliphatic carbocycles. The van der Waals surface area contributed by atoms with Crippen molar-refractivity contribution in [3.05, 3.63) is 48.3 Å². The SMILES string of the molecule is COc1ccc(NCCc2ccncc2)cc1OC. The van der Waals surface area contributed by atoms with Crippen LogP contribution in [0.15, 0.2) is 42.7 Å². The maximum atomic E-state index is 5.27. The second kappa shape index (κ2) is 6.64. The largest absolute Gasteiger partial charge is 0.493 e. The minimum absolute atomic E-state index is 0.733. The van der Waals surface area contributed by atoms with Crippen LogP contribution < -0.4 is 14.8 Å². The van der Waals surface area contributed by atoms with Crippen molar-refractivity contribution in [1.29, 1.82) is 0 Å². The molecule has 0 unspecified atom stereocenters. The van der Waals surface area contributed by atoms with Crippen LogP contribution >= 0.6 is 0 Å². The van der Waals surface area contributed by atoms with Crippen molar-refractivity contribution in [2.24, 2.45) is 0 Å². The highest BCUT2D eigenvalue weighted by Gasteiger charge is 2.03. The van der Waals surface area contributed by atoms with Crippen LogP contribution in [0, 0.1) is 0 Å². The fourth-order valence-corrected chi connectivity index (χ4v) is 1.85. The molecule has 4 heteroatoms. The molecular weight excluding hydrogens is 240 g/mol. The third-order valence-electron chi connectivity index (χ3n) is 2.88. The molecule has 1 N–H and O–H groups in total. The number of aromatic nitrogens is 1. The molecule has 2 rings (SSSR count). The van der Waals surface area contributed by atoms with Gasteiger partial charge < -0.3 is 14.8 Å². The van der Waals surface area contributed by atoms with E-state index in [1.54, 1.807) is 14.2 Å². The number of methoxy groups -OCH3 is 2. The van der Waals surface area contributed by atoms with Crippen LogP contribution in [0.25, 0.3) is 0 Å². The van der Waals surface area contributed by atoms with Gasteiger partial charge in [-0.2, -0.15) is 0 Å². The number of nitrogens with one attached hydrogen (secondary N) is 1. The molecule has 0 fully saturated rings. The topological polar surface area (TPSA) is 43.4 Å². The summed E-state index contributed by atoms with van der Waals surface area (Å²) in [6.07, 6.45) is 4.58. The summed E-state index contributed by atoms with van der Waals surface area (Å²) in [5.74, 6) is 1.47. The van der Waals surface area contributed by atoms with Crippen molar-refractivity contribution in [3.63, 3.8) is 0 Å². The standard InChI is InChI=1S/C15H18N2O2/c1-18-14-4-3-13(11-15(14)19-2)17-10-7-12-5-8-16-9-6-12/h3-6,8-9,11,17H,7,10H2,1-2H3. The van der Waals surface area contributed by atoms with E-state index in [-0.39, 0.29) is 0 Å². The zero-order valence-corrected chi connectivity index (χ0v) is 11.2. The summed E-state index contributed by atoms with van der Waals surface area (Å²) in [6, 6.07) is 9.86. The summed E-state index contributed by atoms with van der Waals surface area (Å²) in [5, 5.41) is 3.36. The van der Waals surface area contributed by atoms with Gasteiger partial charge in [0.15, 0.2) is 11.5 Å². The first-order chi connectivity index (χ1) is 9.33. The van der Waals surface area contributed by atoms with Gasteiger partial charge in [0.25, 0.3) is 0 Å². The Morgan fingerprint density at radius 2 is 1.74 bits per heavy atom. The Morgan fingerprint density at radius 3 is 2.42 bits per heavy atom. The number of anilines is 1. The van der Waals surface area contributed by atoms with Gasteiger partial charge in [-0.25, -0.2) is 0 Å². The first kappa shape index (κ1) is 13.2. The first-order valence-electron chi connectivity index (χ1n) is 6.18. The van der Waals surface area contributed by atoms with Crippen LogP contribution in [0.1, 0.15) is 5.56 Å². The molecule has 100 valence electrons. The average molecular weight is 258 g/mol. The number of benzene rings is 1. The summed E-state index contributed by atoms with van der Waals surface area (Å²) in [6.45, 7) is 0.861. The molecule has 0 atom stereocenters. The number of hydrogen-bond donors (Lipinski definition) is 1. The Kier molecular flexibility index (Phi) is 4.61. The molecule has 0 spiro atoms. The zero-order valence-electron chi connectivity index (χ0n) is 11.2. The number of rotatable bonds is 6. The Balaban J connectivity index is 1.93. The van der Waals surface area contributed by atoms with E-state index >= 15 is 0 Å². The normalized spacial score (nSPS) is 10.0. The maximum absolute atomic E-state index is 5.27. The summed E-state index contributed by atoms with van der Waals surface area (Å²) >= 11 is 0. The van der Waals surface area contributed by atoms with E-state index in [4.69, 9.17) is 9.47 Å². The van der Waals surface area contributed by atoms with Crippen LogP contribution in [-0.2, 0) is 6.42 Å². The van der Waals surface area contributed by atoms with E-state index in [1.807, 2.05) is 42.7 Å². The van der Waals surface area contributed by atoms with Crippen molar-refractivity contribution in [2.75, 3.05) is 26.1 Å². The second-order valence-electron chi connectivity index (χ2n) is 4.10. The number of ether oxygens (including phenoxy) is 2. The number of nitrogens with zero attached hydrogens (tertiary/aromatic N) is 1. The molecule has 0 saturated heterocycles. The number of pyridine rings is 1. The Hall–Kier alpha value is -2.23. The molecule has 0 aliphatic rings. The fourth-order valence-electron chi connectivity index (χ4n) is 1.85. The summed E-state index contributed by atoms with van der Waals surface area (Å²) in [7, 11) is 3.27. The second-order valence-corrected chi connectivity index (χ2v) is 4.10. The van der Waals surface area contributed by atoms with Gasteiger partial charge in [0.1, 0.15) is 0 Å². The molecule has 0 amide bonds. The van der Waals surface area contributed by atoms with Gasteiger partial charge in [0, 0.05) is 30.7 Å². The highest BCUT2D eigenvalue weighted by Crippen LogP contribution is 2.29. The van der Waals surface area contributed by atoms with Gasteiger partial charge in [0.2, 0.25) is 0 Å². The predicted octanol–water partition coefficient (Wildman–Crippen LogP) is 2.75. The molecule has 1 heterocycles. The van der Waals surface area contributed by atoms with Gasteiger partial charge in [0.05, 0.1) is 14.2 Å². The Bertz CT molecular complexity index is 515. The molecule has 1 aromatic heterocycles. The minimum Gasteiger partial charge on any atom is -0.493 e. The van der Waals surface area contributed by atoms with E-state index < -0.39 is 0 Å². The van der Waals surface area contributed by atoms with Crippen LogP contribution in [0.2, 0.25) is 0 Å². The molecule has 2 aromatic rings. The molecule has 0 saturated carbocycles. The summed E-state index contributed by atoms with van der Waals surface area (Å²) < 4.78 is 10.5. The lowest BCUT2D eigenvalue weighted by molar-refractivity contribution is 0.355. The highest BCUT2D eigenvalue weighted by molar-refractivity contribution is 5.54. The van der Waals surface area contributed by atoms with Crippen molar-refractivity contribution in [1.82, 2.24) is 4.98 Å². The van der Waals surface area contributed by atoms with Gasteiger partial charge in [-0.3, -0.25) is 4.98 Å². The molecule has 0 aliphatic heterocycles. The van der Waals surface area contributed by atoms with Gasteiger partial charge in [-0.15, -0.1) is 0 Å². The molecule has 4 nitrogen and oxygen atoms in total. The van der Waals surface area contributed by atoms with Crippen molar-refractivity contribution >= 4 is 5.69 Å². The molecule has 1 aromatic carbocycles. The molecule has 19 heavy (non-hydrogen) atoms.